The lowest BCUT2D eigenvalue weighted by Gasteiger charge is -2.19. The smallest absolute Gasteiger partial charge is 0.462 e. The number of esters is 2. The van der Waals surface area contributed by atoms with Crippen molar-refractivity contribution in [2.24, 2.45) is 5.73 Å². The molecule has 0 rings (SSSR count). The molecular formula is C69H132NO8P. The molecule has 0 fully saturated rings. The molecule has 0 spiro atoms. The molecule has 9 nitrogen and oxygen atoms in total. The van der Waals surface area contributed by atoms with Crippen LogP contribution < -0.4 is 5.73 Å². The van der Waals surface area contributed by atoms with E-state index in [9.17, 15) is 19.0 Å². The maximum Gasteiger partial charge on any atom is 0.472 e. The molecule has 0 heterocycles. The molecule has 2 atom stereocenters. The second kappa shape index (κ2) is 65.4. The Balaban J connectivity index is 3.80. The van der Waals surface area contributed by atoms with Crippen LogP contribution in [0, 0.1) is 0 Å². The van der Waals surface area contributed by atoms with E-state index in [1.807, 2.05) is 0 Å². The number of allylic oxidation sites excluding steroid dienone is 6. The minimum Gasteiger partial charge on any atom is -0.462 e. The monoisotopic (exact) mass is 1130 g/mol. The van der Waals surface area contributed by atoms with Crippen LogP contribution in [0.4, 0.5) is 0 Å². The summed E-state index contributed by atoms with van der Waals surface area (Å²) in [6.07, 6.45) is 81.0. The quantitative estimate of drug-likeness (QED) is 0.0264. The minimum absolute atomic E-state index is 0.0548. The number of carbonyl (C=O) groups is 2. The highest BCUT2D eigenvalue weighted by atomic mass is 31.2. The number of hydrogen-bond donors (Lipinski definition) is 2. The number of ether oxygens (including phenoxy) is 2. The van der Waals surface area contributed by atoms with Crippen molar-refractivity contribution in [2.45, 2.75) is 367 Å². The number of unbranched alkanes of at least 4 members (excludes halogenated alkanes) is 47. The summed E-state index contributed by atoms with van der Waals surface area (Å²) >= 11 is 0. The first kappa shape index (κ1) is 77.2. The molecular weight excluding hydrogens is 1000 g/mol. The van der Waals surface area contributed by atoms with Crippen molar-refractivity contribution in [3.63, 3.8) is 0 Å². The van der Waals surface area contributed by atoms with Crippen molar-refractivity contribution in [2.75, 3.05) is 26.4 Å². The number of phosphoric acid groups is 1. The second-order valence-corrected chi connectivity index (χ2v) is 24.8. The van der Waals surface area contributed by atoms with Gasteiger partial charge in [-0.3, -0.25) is 18.6 Å². The number of rotatable bonds is 66. The fraction of sp³-hybridized carbons (Fsp3) is 0.884. The minimum atomic E-state index is -4.39. The van der Waals surface area contributed by atoms with E-state index in [0.29, 0.717) is 6.42 Å². The number of carbonyl (C=O) groups excluding carboxylic acids is 2. The number of hydrogen-bond acceptors (Lipinski definition) is 8. The van der Waals surface area contributed by atoms with E-state index < -0.39 is 26.5 Å². The SMILES string of the molecule is CCCCCCC/C=C\C/C=C\CCCCCCCCCCCCCC(=O)OC(COC(=O)CCCCCCCCCCCCCCCCCCCCCCCCC/C=C\CCCCCCCCCC)COP(=O)(O)OCCN. The summed E-state index contributed by atoms with van der Waals surface area (Å²) in [5.74, 6) is -0.811. The van der Waals surface area contributed by atoms with E-state index in [2.05, 4.69) is 50.3 Å². The lowest BCUT2D eigenvalue weighted by atomic mass is 10.0. The van der Waals surface area contributed by atoms with E-state index in [1.54, 1.807) is 0 Å². The predicted octanol–water partition coefficient (Wildman–Crippen LogP) is 22.3. The zero-order valence-corrected chi connectivity index (χ0v) is 53.3. The van der Waals surface area contributed by atoms with E-state index in [1.165, 1.54) is 283 Å². The van der Waals surface area contributed by atoms with Gasteiger partial charge in [0.05, 0.1) is 13.2 Å². The lowest BCUT2D eigenvalue weighted by molar-refractivity contribution is -0.161. The van der Waals surface area contributed by atoms with Crippen LogP contribution in [0.5, 0.6) is 0 Å². The summed E-state index contributed by atoms with van der Waals surface area (Å²) in [4.78, 5) is 35.3. The van der Waals surface area contributed by atoms with Gasteiger partial charge in [-0.1, -0.05) is 314 Å². The molecule has 0 aromatic rings. The van der Waals surface area contributed by atoms with Gasteiger partial charge in [-0.25, -0.2) is 4.57 Å². The Labute approximate surface area is 490 Å². The summed E-state index contributed by atoms with van der Waals surface area (Å²) in [6, 6.07) is 0. The summed E-state index contributed by atoms with van der Waals surface area (Å²) in [5, 5.41) is 0. The van der Waals surface area contributed by atoms with Crippen molar-refractivity contribution in [3.8, 4) is 0 Å². The van der Waals surface area contributed by atoms with Crippen molar-refractivity contribution < 1.29 is 37.6 Å². The molecule has 2 unspecified atom stereocenters. The van der Waals surface area contributed by atoms with Crippen molar-refractivity contribution in [1.82, 2.24) is 0 Å². The molecule has 0 aliphatic carbocycles. The standard InChI is InChI=1S/C69H132NO8P/c1-3-5-7-9-11-13-15-17-19-21-23-25-27-28-29-30-31-32-33-34-35-36-37-38-40-41-43-45-47-49-51-53-55-57-59-61-68(71)75-65-67(66-77-79(73,74)76-64-63-70)78-69(72)62-60-58-56-54-52-50-48-46-44-42-39-26-24-22-20-18-16-14-12-10-8-6-4-2/h16,18,21-24,67H,3-15,17,19-20,25-66,70H2,1-2H3,(H,73,74)/b18-16-,23-21-,24-22-. The van der Waals surface area contributed by atoms with Crippen LogP contribution >= 0.6 is 7.82 Å². The number of nitrogens with two attached hydrogens (primary N) is 1. The largest absolute Gasteiger partial charge is 0.472 e. The third-order valence-electron chi connectivity index (χ3n) is 15.5. The van der Waals surface area contributed by atoms with Crippen LogP contribution in [-0.4, -0.2) is 49.3 Å². The Morgan fingerprint density at radius 1 is 0.380 bits per heavy atom. The highest BCUT2D eigenvalue weighted by Crippen LogP contribution is 2.43. The molecule has 466 valence electrons. The average Bonchev–Trinajstić information content (AvgIpc) is 3.44. The third-order valence-corrected chi connectivity index (χ3v) is 16.5. The van der Waals surface area contributed by atoms with Crippen LogP contribution in [0.25, 0.3) is 0 Å². The van der Waals surface area contributed by atoms with Gasteiger partial charge in [0.25, 0.3) is 0 Å². The Kier molecular flexibility index (Phi) is 63.9. The maximum absolute atomic E-state index is 12.7. The normalized spacial score (nSPS) is 13.1. The highest BCUT2D eigenvalue weighted by molar-refractivity contribution is 7.47. The van der Waals surface area contributed by atoms with Gasteiger partial charge >= 0.3 is 19.8 Å². The van der Waals surface area contributed by atoms with E-state index in [0.717, 1.165) is 44.9 Å². The fourth-order valence-corrected chi connectivity index (χ4v) is 11.1. The van der Waals surface area contributed by atoms with Crippen LogP contribution in [0.1, 0.15) is 361 Å². The Hall–Kier alpha value is -1.77. The van der Waals surface area contributed by atoms with Gasteiger partial charge in [0.2, 0.25) is 0 Å². The van der Waals surface area contributed by atoms with Gasteiger partial charge in [-0.15, -0.1) is 0 Å². The topological polar surface area (TPSA) is 134 Å². The zero-order valence-electron chi connectivity index (χ0n) is 52.4. The molecule has 0 radical (unpaired) electrons. The Morgan fingerprint density at radius 2 is 0.658 bits per heavy atom. The second-order valence-electron chi connectivity index (χ2n) is 23.4. The van der Waals surface area contributed by atoms with Gasteiger partial charge in [0, 0.05) is 19.4 Å². The van der Waals surface area contributed by atoms with Crippen LogP contribution in [0.15, 0.2) is 36.5 Å². The first-order valence-corrected chi connectivity index (χ1v) is 36.0. The molecule has 3 N–H and O–H groups in total. The highest BCUT2D eigenvalue weighted by Gasteiger charge is 2.26. The van der Waals surface area contributed by atoms with E-state index >= 15 is 0 Å². The predicted molar refractivity (Wildman–Crippen MR) is 340 cm³/mol. The van der Waals surface area contributed by atoms with Gasteiger partial charge in [-0.05, 0) is 70.6 Å². The molecule has 10 heteroatoms. The molecule has 0 amide bonds. The molecule has 0 saturated carbocycles. The molecule has 0 aliphatic rings. The maximum atomic E-state index is 12.7. The molecule has 0 aromatic heterocycles. The van der Waals surface area contributed by atoms with Crippen molar-refractivity contribution >= 4 is 19.8 Å². The average molecular weight is 1130 g/mol. The van der Waals surface area contributed by atoms with Gasteiger partial charge < -0.3 is 20.1 Å². The van der Waals surface area contributed by atoms with E-state index in [4.69, 9.17) is 24.3 Å². The Bertz CT molecular complexity index is 1390. The first-order chi connectivity index (χ1) is 38.8. The Morgan fingerprint density at radius 3 is 0.975 bits per heavy atom. The fourth-order valence-electron chi connectivity index (χ4n) is 10.4. The van der Waals surface area contributed by atoms with Crippen LogP contribution in [-0.2, 0) is 32.7 Å². The molecule has 0 aliphatic heterocycles. The molecule has 0 saturated heterocycles. The summed E-state index contributed by atoms with van der Waals surface area (Å²) in [5.41, 5.74) is 5.40. The van der Waals surface area contributed by atoms with Gasteiger partial charge in [0.1, 0.15) is 6.61 Å². The molecule has 0 bridgehead atoms. The van der Waals surface area contributed by atoms with Crippen LogP contribution in [0.2, 0.25) is 0 Å². The summed E-state index contributed by atoms with van der Waals surface area (Å²) in [7, 11) is -4.39. The van der Waals surface area contributed by atoms with Crippen molar-refractivity contribution in [3.05, 3.63) is 36.5 Å². The van der Waals surface area contributed by atoms with Gasteiger partial charge in [0.15, 0.2) is 6.10 Å². The zero-order chi connectivity index (χ0) is 57.3. The molecule has 79 heavy (non-hydrogen) atoms. The first-order valence-electron chi connectivity index (χ1n) is 34.5. The van der Waals surface area contributed by atoms with E-state index in [-0.39, 0.29) is 38.6 Å². The molecule has 0 aromatic carbocycles. The number of phosphoric ester groups is 1. The van der Waals surface area contributed by atoms with Crippen molar-refractivity contribution in [1.29, 1.82) is 0 Å². The summed E-state index contributed by atoms with van der Waals surface area (Å²) < 4.78 is 33.2. The third kappa shape index (κ3) is 65.3. The summed E-state index contributed by atoms with van der Waals surface area (Å²) in [6.45, 7) is 3.79. The lowest BCUT2D eigenvalue weighted by Crippen LogP contribution is -2.29. The van der Waals surface area contributed by atoms with Crippen LogP contribution in [0.3, 0.4) is 0 Å². The van der Waals surface area contributed by atoms with Gasteiger partial charge in [-0.2, -0.15) is 0 Å².